The highest BCUT2D eigenvalue weighted by Gasteiger charge is 2.02. The maximum absolute atomic E-state index is 5.30. The van der Waals surface area contributed by atoms with E-state index < -0.39 is 0 Å². The molecule has 0 aromatic heterocycles. The first-order valence-corrected chi connectivity index (χ1v) is 6.31. The summed E-state index contributed by atoms with van der Waals surface area (Å²) in [5, 5.41) is 6.65. The predicted octanol–water partition coefficient (Wildman–Crippen LogP) is 2.16. The fourth-order valence-corrected chi connectivity index (χ4v) is 1.87. The standard InChI is InChI=1S/C12H19BrN2O/c1-3-14-6-7-15-9-10-8-11(13)4-5-12(10)16-2/h4-5,8,14-15H,3,6-7,9H2,1-2H3. The van der Waals surface area contributed by atoms with Gasteiger partial charge < -0.3 is 15.4 Å². The molecule has 0 saturated heterocycles. The number of rotatable bonds is 7. The van der Waals surface area contributed by atoms with Crippen molar-refractivity contribution in [3.05, 3.63) is 28.2 Å². The lowest BCUT2D eigenvalue weighted by Crippen LogP contribution is -2.26. The summed E-state index contributed by atoms with van der Waals surface area (Å²) >= 11 is 3.46. The monoisotopic (exact) mass is 286 g/mol. The first-order chi connectivity index (χ1) is 7.77. The van der Waals surface area contributed by atoms with Crippen LogP contribution in [0.1, 0.15) is 12.5 Å². The van der Waals surface area contributed by atoms with E-state index in [1.165, 1.54) is 5.56 Å². The summed E-state index contributed by atoms with van der Waals surface area (Å²) in [5.41, 5.74) is 1.17. The van der Waals surface area contributed by atoms with Crippen LogP contribution in [0.25, 0.3) is 0 Å². The van der Waals surface area contributed by atoms with Crippen molar-refractivity contribution in [2.75, 3.05) is 26.7 Å². The Balaban J connectivity index is 2.42. The van der Waals surface area contributed by atoms with Gasteiger partial charge in [0.05, 0.1) is 7.11 Å². The molecule has 0 unspecified atom stereocenters. The number of hydrogen-bond donors (Lipinski definition) is 2. The van der Waals surface area contributed by atoms with Crippen LogP contribution in [0.2, 0.25) is 0 Å². The summed E-state index contributed by atoms with van der Waals surface area (Å²) in [5.74, 6) is 0.930. The Morgan fingerprint density at radius 1 is 1.25 bits per heavy atom. The molecular formula is C12H19BrN2O. The van der Waals surface area contributed by atoms with Gasteiger partial charge in [-0.25, -0.2) is 0 Å². The molecule has 16 heavy (non-hydrogen) atoms. The molecule has 0 bridgehead atoms. The van der Waals surface area contributed by atoms with E-state index in [2.05, 4.69) is 39.6 Å². The summed E-state index contributed by atoms with van der Waals surface area (Å²) in [6.45, 7) is 5.91. The van der Waals surface area contributed by atoms with Crippen molar-refractivity contribution >= 4 is 15.9 Å². The van der Waals surface area contributed by atoms with Crippen LogP contribution in [0.15, 0.2) is 22.7 Å². The summed E-state index contributed by atoms with van der Waals surface area (Å²) < 4.78 is 6.38. The molecule has 0 atom stereocenters. The SMILES string of the molecule is CCNCCNCc1cc(Br)ccc1OC. The second-order valence-corrected chi connectivity index (χ2v) is 4.40. The van der Waals surface area contributed by atoms with Crippen LogP contribution >= 0.6 is 15.9 Å². The van der Waals surface area contributed by atoms with E-state index >= 15 is 0 Å². The summed E-state index contributed by atoms with van der Waals surface area (Å²) in [4.78, 5) is 0. The number of likely N-dealkylation sites (N-methyl/N-ethyl adjacent to an activating group) is 1. The predicted molar refractivity (Wildman–Crippen MR) is 70.9 cm³/mol. The van der Waals surface area contributed by atoms with Crippen molar-refractivity contribution in [1.29, 1.82) is 0 Å². The number of hydrogen-bond acceptors (Lipinski definition) is 3. The fourth-order valence-electron chi connectivity index (χ4n) is 1.46. The quantitative estimate of drug-likeness (QED) is 0.754. The topological polar surface area (TPSA) is 33.3 Å². The highest BCUT2D eigenvalue weighted by atomic mass is 79.9. The van der Waals surface area contributed by atoms with E-state index in [1.54, 1.807) is 7.11 Å². The summed E-state index contributed by atoms with van der Waals surface area (Å²) in [7, 11) is 1.70. The molecule has 0 saturated carbocycles. The molecule has 0 amide bonds. The van der Waals surface area contributed by atoms with E-state index in [-0.39, 0.29) is 0 Å². The number of methoxy groups -OCH3 is 1. The van der Waals surface area contributed by atoms with Crippen LogP contribution in [0, 0.1) is 0 Å². The largest absolute Gasteiger partial charge is 0.496 e. The first kappa shape index (κ1) is 13.5. The van der Waals surface area contributed by atoms with Gasteiger partial charge in [-0.1, -0.05) is 22.9 Å². The van der Waals surface area contributed by atoms with Gasteiger partial charge in [0.25, 0.3) is 0 Å². The van der Waals surface area contributed by atoms with Gasteiger partial charge in [0.1, 0.15) is 5.75 Å². The van der Waals surface area contributed by atoms with Gasteiger partial charge in [-0.15, -0.1) is 0 Å². The van der Waals surface area contributed by atoms with Crippen LogP contribution in [-0.4, -0.2) is 26.7 Å². The van der Waals surface area contributed by atoms with Gasteiger partial charge in [-0.3, -0.25) is 0 Å². The minimum Gasteiger partial charge on any atom is -0.496 e. The van der Waals surface area contributed by atoms with Crippen LogP contribution in [-0.2, 0) is 6.54 Å². The molecule has 0 aliphatic heterocycles. The van der Waals surface area contributed by atoms with Crippen molar-refractivity contribution in [2.24, 2.45) is 0 Å². The van der Waals surface area contributed by atoms with Gasteiger partial charge >= 0.3 is 0 Å². The highest BCUT2D eigenvalue weighted by molar-refractivity contribution is 9.10. The zero-order valence-corrected chi connectivity index (χ0v) is 11.4. The second kappa shape index (κ2) is 7.65. The normalized spacial score (nSPS) is 10.4. The molecule has 0 spiro atoms. The molecule has 4 heteroatoms. The molecular weight excluding hydrogens is 268 g/mol. The third kappa shape index (κ3) is 4.51. The maximum Gasteiger partial charge on any atom is 0.123 e. The lowest BCUT2D eigenvalue weighted by molar-refractivity contribution is 0.407. The zero-order chi connectivity index (χ0) is 11.8. The first-order valence-electron chi connectivity index (χ1n) is 5.51. The molecule has 1 aromatic rings. The van der Waals surface area contributed by atoms with E-state index in [4.69, 9.17) is 4.74 Å². The van der Waals surface area contributed by atoms with E-state index in [9.17, 15) is 0 Å². The van der Waals surface area contributed by atoms with Crippen LogP contribution in [0.5, 0.6) is 5.75 Å². The Hall–Kier alpha value is -0.580. The lowest BCUT2D eigenvalue weighted by atomic mass is 10.2. The van der Waals surface area contributed by atoms with Gasteiger partial charge in [0, 0.05) is 29.7 Å². The van der Waals surface area contributed by atoms with Crippen molar-refractivity contribution in [3.63, 3.8) is 0 Å². The minimum absolute atomic E-state index is 0.827. The van der Waals surface area contributed by atoms with Crippen molar-refractivity contribution < 1.29 is 4.74 Å². The number of nitrogens with one attached hydrogen (secondary N) is 2. The Morgan fingerprint density at radius 3 is 2.69 bits per heavy atom. The molecule has 0 aliphatic carbocycles. The van der Waals surface area contributed by atoms with E-state index in [1.807, 2.05) is 12.1 Å². The smallest absolute Gasteiger partial charge is 0.123 e. The molecule has 3 nitrogen and oxygen atoms in total. The van der Waals surface area contributed by atoms with Gasteiger partial charge in [0.15, 0.2) is 0 Å². The van der Waals surface area contributed by atoms with Crippen molar-refractivity contribution in [2.45, 2.75) is 13.5 Å². The van der Waals surface area contributed by atoms with Crippen LogP contribution in [0.3, 0.4) is 0 Å². The molecule has 2 N–H and O–H groups in total. The third-order valence-electron chi connectivity index (χ3n) is 2.29. The Bertz CT molecular complexity index is 318. The Morgan fingerprint density at radius 2 is 2.00 bits per heavy atom. The van der Waals surface area contributed by atoms with E-state index in [0.717, 1.165) is 36.4 Å². The summed E-state index contributed by atoms with van der Waals surface area (Å²) in [6, 6.07) is 6.05. The highest BCUT2D eigenvalue weighted by Crippen LogP contribution is 2.22. The Labute approximate surface area is 106 Å². The molecule has 1 rings (SSSR count). The molecule has 0 fully saturated rings. The third-order valence-corrected chi connectivity index (χ3v) is 2.78. The average Bonchev–Trinajstić information content (AvgIpc) is 2.29. The number of halogens is 1. The van der Waals surface area contributed by atoms with Crippen molar-refractivity contribution in [3.8, 4) is 5.75 Å². The van der Waals surface area contributed by atoms with Crippen LogP contribution < -0.4 is 15.4 Å². The van der Waals surface area contributed by atoms with Gasteiger partial charge in [-0.2, -0.15) is 0 Å². The Kier molecular flexibility index (Phi) is 6.45. The van der Waals surface area contributed by atoms with Gasteiger partial charge in [-0.05, 0) is 24.7 Å². The lowest BCUT2D eigenvalue weighted by Gasteiger charge is -2.10. The number of ether oxygens (including phenoxy) is 1. The van der Waals surface area contributed by atoms with Gasteiger partial charge in [0.2, 0.25) is 0 Å². The average molecular weight is 287 g/mol. The zero-order valence-electron chi connectivity index (χ0n) is 9.85. The molecule has 0 radical (unpaired) electrons. The molecule has 1 aromatic carbocycles. The van der Waals surface area contributed by atoms with E-state index in [0.29, 0.717) is 0 Å². The van der Waals surface area contributed by atoms with Crippen molar-refractivity contribution in [1.82, 2.24) is 10.6 Å². The second-order valence-electron chi connectivity index (χ2n) is 3.49. The number of benzene rings is 1. The molecule has 0 heterocycles. The minimum atomic E-state index is 0.827. The fraction of sp³-hybridized carbons (Fsp3) is 0.500. The summed E-state index contributed by atoms with van der Waals surface area (Å²) in [6.07, 6.45) is 0. The molecule has 90 valence electrons. The van der Waals surface area contributed by atoms with Crippen LogP contribution in [0.4, 0.5) is 0 Å². The molecule has 0 aliphatic rings. The maximum atomic E-state index is 5.30.